The third kappa shape index (κ3) is 4.46. The largest absolute Gasteiger partial charge is 0.495 e. The van der Waals surface area contributed by atoms with Crippen LogP contribution >= 0.6 is 0 Å². The van der Waals surface area contributed by atoms with E-state index in [1.54, 1.807) is 25.3 Å². The highest BCUT2D eigenvalue weighted by Crippen LogP contribution is 2.23. The molecule has 0 saturated heterocycles. The molecular weight excluding hydrogens is 354 g/mol. The van der Waals surface area contributed by atoms with E-state index >= 15 is 0 Å². The SMILES string of the molecule is CCCN(CC(=O)Nc1ccccc1OC)C(=O)c1ccc2ccccc2n1. The van der Waals surface area contributed by atoms with Gasteiger partial charge in [-0.25, -0.2) is 4.98 Å². The summed E-state index contributed by atoms with van der Waals surface area (Å²) in [5, 5.41) is 3.78. The molecule has 1 heterocycles. The third-order valence-corrected chi connectivity index (χ3v) is 4.31. The highest BCUT2D eigenvalue weighted by atomic mass is 16.5. The Kier molecular flexibility index (Phi) is 6.22. The number of nitrogens with one attached hydrogen (secondary N) is 1. The molecule has 0 aliphatic heterocycles. The summed E-state index contributed by atoms with van der Waals surface area (Å²) in [4.78, 5) is 31.5. The number of carbonyl (C=O) groups is 2. The average Bonchev–Trinajstić information content (AvgIpc) is 2.73. The van der Waals surface area contributed by atoms with Crippen molar-refractivity contribution in [3.63, 3.8) is 0 Å². The molecule has 0 spiro atoms. The molecule has 3 rings (SSSR count). The van der Waals surface area contributed by atoms with Gasteiger partial charge < -0.3 is 15.0 Å². The molecule has 28 heavy (non-hydrogen) atoms. The van der Waals surface area contributed by atoms with Crippen LogP contribution in [0.1, 0.15) is 23.8 Å². The van der Waals surface area contributed by atoms with E-state index in [-0.39, 0.29) is 18.4 Å². The van der Waals surface area contributed by atoms with Gasteiger partial charge in [0.05, 0.1) is 18.3 Å². The molecule has 0 aliphatic carbocycles. The van der Waals surface area contributed by atoms with Crippen LogP contribution in [0.3, 0.4) is 0 Å². The summed E-state index contributed by atoms with van der Waals surface area (Å²) in [7, 11) is 1.54. The van der Waals surface area contributed by atoms with E-state index in [0.717, 1.165) is 17.3 Å². The van der Waals surface area contributed by atoms with Gasteiger partial charge in [0.25, 0.3) is 5.91 Å². The van der Waals surface area contributed by atoms with E-state index in [9.17, 15) is 9.59 Å². The summed E-state index contributed by atoms with van der Waals surface area (Å²) in [6.07, 6.45) is 0.737. The Morgan fingerprint density at radius 2 is 1.79 bits per heavy atom. The molecule has 0 bridgehead atoms. The van der Waals surface area contributed by atoms with Gasteiger partial charge in [0, 0.05) is 11.9 Å². The zero-order chi connectivity index (χ0) is 19.9. The van der Waals surface area contributed by atoms with Gasteiger partial charge >= 0.3 is 0 Å². The molecule has 0 unspecified atom stereocenters. The molecule has 2 amide bonds. The van der Waals surface area contributed by atoms with Gasteiger partial charge in [-0.3, -0.25) is 9.59 Å². The Labute approximate surface area is 164 Å². The van der Waals surface area contributed by atoms with Crippen molar-refractivity contribution in [3.05, 3.63) is 66.4 Å². The first kappa shape index (κ1) is 19.4. The van der Waals surface area contributed by atoms with Gasteiger partial charge in [-0.15, -0.1) is 0 Å². The van der Waals surface area contributed by atoms with Crippen LogP contribution in [0.25, 0.3) is 10.9 Å². The fourth-order valence-corrected chi connectivity index (χ4v) is 2.98. The second kappa shape index (κ2) is 8.99. The number of hydrogen-bond acceptors (Lipinski definition) is 4. The molecule has 0 fully saturated rings. The van der Waals surface area contributed by atoms with E-state index in [0.29, 0.717) is 23.7 Å². The molecule has 2 aromatic carbocycles. The van der Waals surface area contributed by atoms with Crippen LogP contribution in [-0.2, 0) is 4.79 Å². The van der Waals surface area contributed by atoms with Crippen molar-refractivity contribution in [2.75, 3.05) is 25.5 Å². The van der Waals surface area contributed by atoms with E-state index < -0.39 is 0 Å². The number of carbonyl (C=O) groups excluding carboxylic acids is 2. The van der Waals surface area contributed by atoms with Crippen molar-refractivity contribution in [1.29, 1.82) is 0 Å². The zero-order valence-corrected chi connectivity index (χ0v) is 16.0. The number of benzene rings is 2. The van der Waals surface area contributed by atoms with Crippen LogP contribution in [0.15, 0.2) is 60.7 Å². The number of anilines is 1. The van der Waals surface area contributed by atoms with Crippen LogP contribution in [0.5, 0.6) is 5.75 Å². The van der Waals surface area contributed by atoms with Gasteiger partial charge in [0.2, 0.25) is 5.91 Å². The van der Waals surface area contributed by atoms with Crippen LogP contribution < -0.4 is 10.1 Å². The number of rotatable bonds is 7. The molecular formula is C22H23N3O3. The molecule has 6 nitrogen and oxygen atoms in total. The third-order valence-electron chi connectivity index (χ3n) is 4.31. The topological polar surface area (TPSA) is 71.5 Å². The Hall–Kier alpha value is -3.41. The van der Waals surface area contributed by atoms with Crippen molar-refractivity contribution < 1.29 is 14.3 Å². The van der Waals surface area contributed by atoms with Crippen LogP contribution in [-0.4, -0.2) is 41.9 Å². The first-order valence-electron chi connectivity index (χ1n) is 9.20. The lowest BCUT2D eigenvalue weighted by atomic mass is 10.2. The van der Waals surface area contributed by atoms with E-state index in [2.05, 4.69) is 10.3 Å². The predicted octanol–water partition coefficient (Wildman–Crippen LogP) is 3.73. The molecule has 1 aromatic heterocycles. The second-order valence-electron chi connectivity index (χ2n) is 6.36. The summed E-state index contributed by atoms with van der Waals surface area (Å²) in [6.45, 7) is 2.37. The highest BCUT2D eigenvalue weighted by Gasteiger charge is 2.20. The summed E-state index contributed by atoms with van der Waals surface area (Å²) < 4.78 is 5.25. The van der Waals surface area contributed by atoms with Crippen LogP contribution in [0, 0.1) is 0 Å². The van der Waals surface area contributed by atoms with E-state index in [1.165, 1.54) is 4.90 Å². The van der Waals surface area contributed by atoms with Crippen molar-refractivity contribution in [1.82, 2.24) is 9.88 Å². The fraction of sp³-hybridized carbons (Fsp3) is 0.227. The monoisotopic (exact) mass is 377 g/mol. The number of nitrogens with zero attached hydrogens (tertiary/aromatic N) is 2. The van der Waals surface area contributed by atoms with Crippen molar-refractivity contribution in [3.8, 4) is 5.75 Å². The van der Waals surface area contributed by atoms with Gasteiger partial charge in [0.1, 0.15) is 18.0 Å². The van der Waals surface area contributed by atoms with Crippen molar-refractivity contribution >= 4 is 28.4 Å². The standard InChI is InChI=1S/C22H23N3O3/c1-3-14-25(15-21(26)24-18-10-6-7-11-20(18)28-2)22(27)19-13-12-16-8-4-5-9-17(16)23-19/h4-13H,3,14-15H2,1-2H3,(H,24,26). The second-order valence-corrected chi connectivity index (χ2v) is 6.36. The number of hydrogen-bond donors (Lipinski definition) is 1. The van der Waals surface area contributed by atoms with E-state index in [4.69, 9.17) is 4.74 Å². The lowest BCUT2D eigenvalue weighted by Gasteiger charge is -2.21. The Balaban J connectivity index is 1.76. The van der Waals surface area contributed by atoms with Crippen molar-refractivity contribution in [2.24, 2.45) is 0 Å². The van der Waals surface area contributed by atoms with Crippen LogP contribution in [0.2, 0.25) is 0 Å². The molecule has 0 atom stereocenters. The maximum atomic E-state index is 12.9. The van der Waals surface area contributed by atoms with Gasteiger partial charge in [0.15, 0.2) is 0 Å². The number of methoxy groups -OCH3 is 1. The van der Waals surface area contributed by atoms with E-state index in [1.807, 2.05) is 49.4 Å². The smallest absolute Gasteiger partial charge is 0.272 e. The first-order chi connectivity index (χ1) is 13.6. The molecule has 6 heteroatoms. The molecule has 144 valence electrons. The minimum atomic E-state index is -0.285. The fourth-order valence-electron chi connectivity index (χ4n) is 2.98. The lowest BCUT2D eigenvalue weighted by Crippen LogP contribution is -2.39. The lowest BCUT2D eigenvalue weighted by molar-refractivity contribution is -0.116. The zero-order valence-electron chi connectivity index (χ0n) is 16.0. The number of fused-ring (bicyclic) bond motifs is 1. The van der Waals surface area contributed by atoms with Crippen LogP contribution in [0.4, 0.5) is 5.69 Å². The minimum Gasteiger partial charge on any atom is -0.495 e. The Morgan fingerprint density at radius 1 is 1.04 bits per heavy atom. The number of para-hydroxylation sites is 3. The number of ether oxygens (including phenoxy) is 1. The minimum absolute atomic E-state index is 0.0563. The van der Waals surface area contributed by atoms with Gasteiger partial charge in [-0.2, -0.15) is 0 Å². The Morgan fingerprint density at radius 3 is 2.57 bits per heavy atom. The quantitative estimate of drug-likeness (QED) is 0.681. The Bertz CT molecular complexity index is 987. The number of amides is 2. The summed E-state index contributed by atoms with van der Waals surface area (Å²) >= 11 is 0. The first-order valence-corrected chi connectivity index (χ1v) is 9.20. The predicted molar refractivity (Wildman–Crippen MR) is 110 cm³/mol. The molecule has 3 aromatic rings. The summed E-state index contributed by atoms with van der Waals surface area (Å²) in [5.74, 6) is 0.0234. The molecule has 1 N–H and O–H groups in total. The maximum Gasteiger partial charge on any atom is 0.272 e. The van der Waals surface area contributed by atoms with Gasteiger partial charge in [-0.1, -0.05) is 43.3 Å². The summed E-state index contributed by atoms with van der Waals surface area (Å²) in [6, 6.07) is 18.4. The molecule has 0 saturated carbocycles. The maximum absolute atomic E-state index is 12.9. The normalized spacial score (nSPS) is 10.5. The number of pyridine rings is 1. The molecule has 0 radical (unpaired) electrons. The number of aromatic nitrogens is 1. The summed E-state index contributed by atoms with van der Waals surface area (Å²) in [5.41, 5.74) is 1.66. The molecule has 0 aliphatic rings. The van der Waals surface area contributed by atoms with Crippen molar-refractivity contribution in [2.45, 2.75) is 13.3 Å². The highest BCUT2D eigenvalue weighted by molar-refractivity contribution is 6.00. The van der Waals surface area contributed by atoms with Gasteiger partial charge in [-0.05, 0) is 30.7 Å². The average molecular weight is 377 g/mol.